The minimum Gasteiger partial charge on any atom is -0.496 e. The van der Waals surface area contributed by atoms with Crippen molar-refractivity contribution in [3.8, 4) is 5.75 Å². The van der Waals surface area contributed by atoms with E-state index in [1.807, 2.05) is 0 Å². The van der Waals surface area contributed by atoms with Gasteiger partial charge in [-0.05, 0) is 44.0 Å². The fourth-order valence-corrected chi connectivity index (χ4v) is 3.98. The van der Waals surface area contributed by atoms with Gasteiger partial charge in [-0.3, -0.25) is 35.3 Å². The maximum Gasteiger partial charge on any atom is 0.305 e. The number of carbonyl (C=O) groups excluding carboxylic acids is 3. The molecule has 0 atom stereocenters. The van der Waals surface area contributed by atoms with Gasteiger partial charge in [-0.25, -0.2) is 5.43 Å². The third-order valence-corrected chi connectivity index (χ3v) is 5.81. The van der Waals surface area contributed by atoms with Gasteiger partial charge in [0.1, 0.15) is 11.5 Å². The largest absolute Gasteiger partial charge is 0.496 e. The number of methoxy groups -OCH3 is 1. The lowest BCUT2D eigenvalue weighted by molar-refractivity contribution is -0.384. The van der Waals surface area contributed by atoms with E-state index in [0.29, 0.717) is 53.2 Å². The number of nitrogens with one attached hydrogen (secondary N) is 3. The van der Waals surface area contributed by atoms with E-state index in [2.05, 4.69) is 21.4 Å². The first-order chi connectivity index (χ1) is 17.8. The molecule has 0 bridgehead atoms. The summed E-state index contributed by atoms with van der Waals surface area (Å²) in [7, 11) is 1.47. The monoisotopic (exact) mass is 505 g/mol. The number of rotatable bonds is 6. The number of nitrogens with zero attached hydrogens (tertiary/aromatic N) is 2. The highest BCUT2D eigenvalue weighted by Crippen LogP contribution is 2.30. The van der Waals surface area contributed by atoms with Gasteiger partial charge in [0.2, 0.25) is 0 Å². The number of hydrazone groups is 1. The minimum atomic E-state index is -0.681. The van der Waals surface area contributed by atoms with E-state index in [0.717, 1.165) is 0 Å². The first-order valence-corrected chi connectivity index (χ1v) is 11.3. The second-order valence-electron chi connectivity index (χ2n) is 8.12. The Morgan fingerprint density at radius 1 is 1.00 bits per heavy atom. The van der Waals surface area contributed by atoms with Crippen LogP contribution in [0.2, 0.25) is 0 Å². The van der Waals surface area contributed by atoms with Crippen LogP contribution in [-0.4, -0.2) is 35.5 Å². The fourth-order valence-electron chi connectivity index (χ4n) is 3.98. The Morgan fingerprint density at radius 2 is 1.70 bits per heavy atom. The van der Waals surface area contributed by atoms with E-state index >= 15 is 0 Å². The predicted octanol–water partition coefficient (Wildman–Crippen LogP) is 3.05. The normalized spacial score (nSPS) is 13.4. The molecule has 3 N–H and O–H groups in total. The van der Waals surface area contributed by atoms with Crippen LogP contribution in [0.4, 0.5) is 5.69 Å². The Labute approximate surface area is 210 Å². The van der Waals surface area contributed by atoms with Crippen molar-refractivity contribution in [1.82, 2.24) is 16.3 Å². The lowest BCUT2D eigenvalue weighted by Crippen LogP contribution is -2.41. The highest BCUT2D eigenvalue weighted by atomic mass is 16.6. The molecule has 4 rings (SSSR count). The number of hydrazine groups is 1. The van der Waals surface area contributed by atoms with Crippen molar-refractivity contribution in [3.63, 3.8) is 0 Å². The van der Waals surface area contributed by atoms with Gasteiger partial charge >= 0.3 is 5.91 Å². The minimum absolute atomic E-state index is 0.000320. The standard InChI is InChI=1S/C25H23N5O7/c1-14-21-18(26-28-24(32)17-6-3-4-8-19(17)36-2)7-5-9-20(21)37-22(14)25(33)29-27-23(31)15-10-12-16(13-11-15)30(34)35/h3-4,6,8,10-13H,5,7,9H2,1-2H3,(H,27,31)(H,28,32)(H,29,33)/b26-18+. The third-order valence-electron chi connectivity index (χ3n) is 5.81. The van der Waals surface area contributed by atoms with Crippen molar-refractivity contribution in [3.05, 3.63) is 92.4 Å². The first-order valence-electron chi connectivity index (χ1n) is 11.3. The third kappa shape index (κ3) is 5.32. The Morgan fingerprint density at radius 3 is 2.41 bits per heavy atom. The molecule has 1 heterocycles. The summed E-state index contributed by atoms with van der Waals surface area (Å²) in [6.07, 6.45) is 1.86. The smallest absolute Gasteiger partial charge is 0.305 e. The summed E-state index contributed by atoms with van der Waals surface area (Å²) in [6, 6.07) is 11.7. The molecule has 3 aromatic rings. The van der Waals surface area contributed by atoms with Crippen LogP contribution in [0, 0.1) is 17.0 Å². The van der Waals surface area contributed by atoms with Crippen LogP contribution in [0.25, 0.3) is 0 Å². The molecule has 1 aliphatic rings. The number of benzene rings is 2. The zero-order chi connectivity index (χ0) is 26.5. The zero-order valence-corrected chi connectivity index (χ0v) is 20.0. The molecule has 2 aromatic carbocycles. The van der Waals surface area contributed by atoms with Gasteiger partial charge in [0.15, 0.2) is 5.76 Å². The number of amides is 3. The van der Waals surface area contributed by atoms with E-state index in [1.54, 1.807) is 31.2 Å². The summed E-state index contributed by atoms with van der Waals surface area (Å²) in [5.74, 6) is -0.803. The van der Waals surface area contributed by atoms with Gasteiger partial charge in [0.25, 0.3) is 17.5 Å². The number of fused-ring (bicyclic) bond motifs is 1. The number of nitro groups is 1. The number of non-ortho nitro benzene ring substituents is 1. The second-order valence-corrected chi connectivity index (χ2v) is 8.12. The Kier molecular flexibility index (Phi) is 7.28. The molecule has 1 aliphatic carbocycles. The van der Waals surface area contributed by atoms with Gasteiger partial charge in [-0.1, -0.05) is 12.1 Å². The molecule has 0 saturated carbocycles. The highest BCUT2D eigenvalue weighted by molar-refractivity contribution is 6.07. The van der Waals surface area contributed by atoms with Crippen molar-refractivity contribution in [2.45, 2.75) is 26.2 Å². The van der Waals surface area contributed by atoms with Gasteiger partial charge in [0, 0.05) is 35.2 Å². The number of aryl methyl sites for hydroxylation is 1. The van der Waals surface area contributed by atoms with Crippen molar-refractivity contribution >= 4 is 29.1 Å². The number of hydrogen-bond donors (Lipinski definition) is 3. The fraction of sp³-hybridized carbons (Fsp3) is 0.200. The van der Waals surface area contributed by atoms with Crippen molar-refractivity contribution in [2.24, 2.45) is 5.10 Å². The number of hydrogen-bond acceptors (Lipinski definition) is 8. The van der Waals surface area contributed by atoms with Gasteiger partial charge in [0.05, 0.1) is 23.3 Å². The predicted molar refractivity (Wildman–Crippen MR) is 131 cm³/mol. The molecule has 0 aliphatic heterocycles. The molecule has 0 saturated heterocycles. The lowest BCUT2D eigenvalue weighted by atomic mass is 9.93. The van der Waals surface area contributed by atoms with Crippen LogP contribution >= 0.6 is 0 Å². The van der Waals surface area contributed by atoms with E-state index < -0.39 is 22.6 Å². The Balaban J connectivity index is 1.47. The first kappa shape index (κ1) is 25.1. The van der Waals surface area contributed by atoms with Crippen molar-refractivity contribution in [2.75, 3.05) is 7.11 Å². The molecule has 0 radical (unpaired) electrons. The highest BCUT2D eigenvalue weighted by Gasteiger charge is 2.28. The maximum absolute atomic E-state index is 12.8. The van der Waals surface area contributed by atoms with Gasteiger partial charge in [-0.2, -0.15) is 5.10 Å². The van der Waals surface area contributed by atoms with Crippen LogP contribution < -0.4 is 21.0 Å². The van der Waals surface area contributed by atoms with E-state index in [1.165, 1.54) is 31.4 Å². The molecule has 0 unspecified atom stereocenters. The summed E-state index contributed by atoms with van der Waals surface area (Å²) < 4.78 is 11.0. The SMILES string of the molecule is COc1ccccc1C(=O)N/N=C1\CCCc2oc(C(=O)NNC(=O)c3ccc([N+](=O)[O-])cc3)c(C)c21. The molecular formula is C25H23N5O7. The van der Waals surface area contributed by atoms with Crippen LogP contribution in [0.1, 0.15) is 61.0 Å². The van der Waals surface area contributed by atoms with Gasteiger partial charge in [-0.15, -0.1) is 0 Å². The van der Waals surface area contributed by atoms with Gasteiger partial charge < -0.3 is 9.15 Å². The summed E-state index contributed by atoms with van der Waals surface area (Å²) >= 11 is 0. The summed E-state index contributed by atoms with van der Waals surface area (Å²) in [4.78, 5) is 47.9. The van der Waals surface area contributed by atoms with Crippen molar-refractivity contribution in [1.29, 1.82) is 0 Å². The van der Waals surface area contributed by atoms with E-state index in [9.17, 15) is 24.5 Å². The quantitative estimate of drug-likeness (QED) is 0.342. The maximum atomic E-state index is 12.8. The Bertz CT molecular complexity index is 1410. The summed E-state index contributed by atoms with van der Waals surface area (Å²) in [6.45, 7) is 1.69. The van der Waals surface area contributed by atoms with Crippen LogP contribution in [0.5, 0.6) is 5.75 Å². The molecule has 37 heavy (non-hydrogen) atoms. The average molecular weight is 505 g/mol. The number of nitro benzene ring substituents is 1. The molecule has 0 spiro atoms. The lowest BCUT2D eigenvalue weighted by Gasteiger charge is -2.14. The molecular weight excluding hydrogens is 482 g/mol. The van der Waals surface area contributed by atoms with Crippen LogP contribution in [-0.2, 0) is 6.42 Å². The van der Waals surface area contributed by atoms with Crippen LogP contribution in [0.3, 0.4) is 0 Å². The summed E-state index contributed by atoms with van der Waals surface area (Å²) in [5, 5.41) is 15.1. The molecule has 12 nitrogen and oxygen atoms in total. The molecule has 12 heteroatoms. The molecule has 1 aromatic heterocycles. The van der Waals surface area contributed by atoms with Crippen molar-refractivity contribution < 1.29 is 28.5 Å². The average Bonchev–Trinajstić information content (AvgIpc) is 3.27. The zero-order valence-electron chi connectivity index (χ0n) is 20.0. The molecule has 3 amide bonds. The second kappa shape index (κ2) is 10.7. The van der Waals surface area contributed by atoms with Crippen LogP contribution in [0.15, 0.2) is 58.0 Å². The molecule has 190 valence electrons. The Hall–Kier alpha value is -5.00. The topological polar surface area (TPSA) is 165 Å². The molecule has 0 fully saturated rings. The van der Waals surface area contributed by atoms with E-state index in [-0.39, 0.29) is 17.0 Å². The number of ether oxygens (including phenoxy) is 1. The van der Waals surface area contributed by atoms with E-state index in [4.69, 9.17) is 9.15 Å². The number of furan rings is 1. The summed E-state index contributed by atoms with van der Waals surface area (Å²) in [5.41, 5.74) is 9.13. The number of para-hydroxylation sites is 1. The number of carbonyl (C=O) groups is 3.